The molecule has 1 atom stereocenters. The van der Waals surface area contributed by atoms with E-state index in [1.165, 1.54) is 28.0 Å². The van der Waals surface area contributed by atoms with Gasteiger partial charge in [-0.05, 0) is 13.8 Å². The number of amides is 4. The Morgan fingerprint density at radius 3 is 2.18 bits per heavy atom. The quantitative estimate of drug-likeness (QED) is 0.0646. The molecule has 15 heteroatoms. The van der Waals surface area contributed by atoms with E-state index in [1.54, 1.807) is 13.8 Å². The largest absolute Gasteiger partial charge is 0.345 e. The number of hydrogen-bond donors (Lipinski definition) is 8. The van der Waals surface area contributed by atoms with E-state index in [1.807, 2.05) is 0 Å². The third-order valence-electron chi connectivity index (χ3n) is 7.42. The second-order valence-electron chi connectivity index (χ2n) is 12.8. The highest BCUT2D eigenvalue weighted by molar-refractivity contribution is 5.88. The molecule has 252 valence electrons. The highest BCUT2D eigenvalue weighted by atomic mass is 16.2. The first-order chi connectivity index (χ1) is 21.2. The average Bonchev–Trinajstić information content (AvgIpc) is 2.91. The molecular weight excluding hydrogens is 578 g/mol. The molecule has 2 aromatic rings. The predicted octanol–water partition coefficient (Wildman–Crippen LogP) is -2.16. The zero-order chi connectivity index (χ0) is 33.4. The SMILES string of the molecule is Cc1cc(=O)[nH]c(NC(=O)NCCC[NH+](C)CCN(CC[NH+](C)C)CC[N+](C)(C)CCCNC(=O)Nc2cc(=O)cc(C)[nH]2)n1. The Morgan fingerprint density at radius 2 is 1.51 bits per heavy atom. The van der Waals surface area contributed by atoms with Crippen LogP contribution in [0.1, 0.15) is 24.2 Å². The number of carbonyl (C=O) groups is 2. The number of urea groups is 2. The van der Waals surface area contributed by atoms with Crippen molar-refractivity contribution in [3.8, 4) is 0 Å². The van der Waals surface area contributed by atoms with Gasteiger partial charge in [0.1, 0.15) is 5.82 Å². The maximum atomic E-state index is 12.2. The van der Waals surface area contributed by atoms with Gasteiger partial charge in [-0.2, -0.15) is 0 Å². The first-order valence-electron chi connectivity index (χ1n) is 15.7. The molecule has 8 N–H and O–H groups in total. The van der Waals surface area contributed by atoms with Crippen molar-refractivity contribution in [1.29, 1.82) is 0 Å². The lowest BCUT2D eigenvalue weighted by Gasteiger charge is -2.33. The van der Waals surface area contributed by atoms with Crippen molar-refractivity contribution in [2.24, 2.45) is 0 Å². The standard InChI is InChI=1S/C30H53N11O4/c1-23-20-25(42)22-26(33-23)35-29(44)32-11-9-18-41(6,7)19-17-40(15-13-38(3)4)16-14-39(5)12-8-10-31-30(45)37-28-34-24(2)21-27(43)36-28/h20-22H,8-19H2,1-7H3,(H5-,31,32,33,34,35,36,37,42,43,44,45)/p+3. The van der Waals surface area contributed by atoms with Crippen LogP contribution in [0.4, 0.5) is 21.4 Å². The molecule has 2 heterocycles. The number of pyridine rings is 1. The maximum absolute atomic E-state index is 12.2. The van der Waals surface area contributed by atoms with Gasteiger partial charge in [0.25, 0.3) is 5.56 Å². The summed E-state index contributed by atoms with van der Waals surface area (Å²) < 4.78 is 0.849. The van der Waals surface area contributed by atoms with E-state index >= 15 is 0 Å². The monoisotopic (exact) mass is 634 g/mol. The van der Waals surface area contributed by atoms with Gasteiger partial charge in [-0.15, -0.1) is 0 Å². The zero-order valence-corrected chi connectivity index (χ0v) is 28.2. The highest BCUT2D eigenvalue weighted by Gasteiger charge is 2.19. The van der Waals surface area contributed by atoms with Gasteiger partial charge in [0.15, 0.2) is 5.43 Å². The molecule has 0 aliphatic rings. The summed E-state index contributed by atoms with van der Waals surface area (Å²) in [6.45, 7) is 12.5. The molecule has 0 aliphatic carbocycles. The Labute approximate surface area is 266 Å². The lowest BCUT2D eigenvalue weighted by molar-refractivity contribution is -0.890. The molecule has 1 unspecified atom stereocenters. The van der Waals surface area contributed by atoms with Crippen molar-refractivity contribution in [2.75, 3.05) is 111 Å². The normalized spacial score (nSPS) is 12.3. The van der Waals surface area contributed by atoms with Gasteiger partial charge in [-0.25, -0.2) is 14.6 Å². The van der Waals surface area contributed by atoms with Gasteiger partial charge >= 0.3 is 12.1 Å². The number of nitrogens with one attached hydrogen (secondary N) is 8. The number of hydrogen-bond acceptors (Lipinski definition) is 6. The van der Waals surface area contributed by atoms with Crippen LogP contribution in [0.3, 0.4) is 0 Å². The summed E-state index contributed by atoms with van der Waals surface area (Å²) in [7, 11) is 11.0. The van der Waals surface area contributed by atoms with Crippen LogP contribution in [0.5, 0.6) is 0 Å². The van der Waals surface area contributed by atoms with Crippen molar-refractivity contribution < 1.29 is 23.9 Å². The topological polar surface area (TPSA) is 173 Å². The number of aromatic amines is 2. The summed E-state index contributed by atoms with van der Waals surface area (Å²) in [6.07, 6.45) is 1.67. The van der Waals surface area contributed by atoms with Crippen LogP contribution in [-0.4, -0.2) is 137 Å². The van der Waals surface area contributed by atoms with Crippen LogP contribution >= 0.6 is 0 Å². The minimum atomic E-state index is -0.390. The maximum Gasteiger partial charge on any atom is 0.321 e. The molecule has 0 saturated heterocycles. The summed E-state index contributed by atoms with van der Waals surface area (Å²) in [5.41, 5.74) is 0.776. The van der Waals surface area contributed by atoms with Gasteiger partial charge in [0, 0.05) is 75.2 Å². The van der Waals surface area contributed by atoms with Gasteiger partial charge in [0.05, 0.1) is 68.0 Å². The zero-order valence-electron chi connectivity index (χ0n) is 28.2. The highest BCUT2D eigenvalue weighted by Crippen LogP contribution is 2.02. The van der Waals surface area contributed by atoms with Crippen LogP contribution in [0.2, 0.25) is 0 Å². The van der Waals surface area contributed by atoms with E-state index in [0.29, 0.717) is 30.3 Å². The Bertz CT molecular complexity index is 1330. The number of quaternary nitrogens is 3. The summed E-state index contributed by atoms with van der Waals surface area (Å²) >= 11 is 0. The van der Waals surface area contributed by atoms with E-state index < -0.39 is 6.03 Å². The van der Waals surface area contributed by atoms with Crippen LogP contribution < -0.4 is 42.1 Å². The van der Waals surface area contributed by atoms with E-state index in [2.05, 4.69) is 76.4 Å². The molecular formula is C30H56N11O4+3. The van der Waals surface area contributed by atoms with Crippen LogP contribution in [0.25, 0.3) is 0 Å². The van der Waals surface area contributed by atoms with E-state index in [4.69, 9.17) is 0 Å². The fraction of sp³-hybridized carbons (Fsp3) is 0.633. The molecule has 0 aromatic carbocycles. The first kappa shape index (κ1) is 37.4. The molecule has 0 aliphatic heterocycles. The van der Waals surface area contributed by atoms with E-state index in [-0.39, 0.29) is 23.0 Å². The minimum Gasteiger partial charge on any atom is -0.345 e. The van der Waals surface area contributed by atoms with E-state index in [0.717, 1.165) is 69.7 Å². The molecule has 0 bridgehead atoms. The van der Waals surface area contributed by atoms with Crippen molar-refractivity contribution in [2.45, 2.75) is 26.7 Å². The second-order valence-corrected chi connectivity index (χ2v) is 12.8. The molecule has 4 amide bonds. The molecule has 2 rings (SSSR count). The first-order valence-corrected chi connectivity index (χ1v) is 15.7. The Hall–Kier alpha value is -3.79. The van der Waals surface area contributed by atoms with Gasteiger partial charge in [-0.3, -0.25) is 30.1 Å². The third-order valence-corrected chi connectivity index (χ3v) is 7.42. The predicted molar refractivity (Wildman–Crippen MR) is 177 cm³/mol. The Morgan fingerprint density at radius 1 is 0.844 bits per heavy atom. The summed E-state index contributed by atoms with van der Waals surface area (Å²) in [5, 5.41) is 10.9. The number of carbonyl (C=O) groups excluding carboxylic acids is 2. The number of likely N-dealkylation sites (N-methyl/N-ethyl adjacent to an activating group) is 3. The number of nitrogens with zero attached hydrogens (tertiary/aromatic N) is 3. The second kappa shape index (κ2) is 18.9. The van der Waals surface area contributed by atoms with E-state index in [9.17, 15) is 19.2 Å². The molecule has 0 fully saturated rings. The fourth-order valence-corrected chi connectivity index (χ4v) is 4.72. The Kier molecular flexibility index (Phi) is 15.7. The molecule has 0 radical (unpaired) electrons. The molecule has 45 heavy (non-hydrogen) atoms. The number of H-pyrrole nitrogens is 2. The minimum absolute atomic E-state index is 0.138. The molecule has 2 aromatic heterocycles. The Balaban J connectivity index is 1.68. The van der Waals surface area contributed by atoms with Crippen molar-refractivity contribution in [3.63, 3.8) is 0 Å². The summed E-state index contributed by atoms with van der Waals surface area (Å²) in [5.74, 6) is 0.523. The van der Waals surface area contributed by atoms with Crippen LogP contribution in [0, 0.1) is 13.8 Å². The number of rotatable bonds is 19. The summed E-state index contributed by atoms with van der Waals surface area (Å²) in [6, 6.07) is 3.49. The lowest BCUT2D eigenvalue weighted by atomic mass is 10.3. The molecule has 0 spiro atoms. The van der Waals surface area contributed by atoms with Gasteiger partial charge < -0.3 is 29.9 Å². The average molecular weight is 635 g/mol. The van der Waals surface area contributed by atoms with Crippen LogP contribution in [0.15, 0.2) is 27.8 Å². The number of aryl methyl sites for hydroxylation is 2. The van der Waals surface area contributed by atoms with Gasteiger partial charge in [-0.1, -0.05) is 0 Å². The fourth-order valence-electron chi connectivity index (χ4n) is 4.72. The van der Waals surface area contributed by atoms with Gasteiger partial charge in [0.2, 0.25) is 5.95 Å². The third kappa shape index (κ3) is 16.7. The number of aromatic nitrogens is 3. The number of anilines is 2. The van der Waals surface area contributed by atoms with Crippen LogP contribution in [-0.2, 0) is 0 Å². The van der Waals surface area contributed by atoms with Crippen molar-refractivity contribution in [3.05, 3.63) is 50.2 Å². The van der Waals surface area contributed by atoms with Crippen molar-refractivity contribution >= 4 is 23.8 Å². The smallest absolute Gasteiger partial charge is 0.321 e. The van der Waals surface area contributed by atoms with Crippen molar-refractivity contribution in [1.82, 2.24) is 30.5 Å². The summed E-state index contributed by atoms with van der Waals surface area (Å²) in [4.78, 5) is 62.5. The lowest BCUT2D eigenvalue weighted by Crippen LogP contribution is -3.10. The molecule has 15 nitrogen and oxygen atoms in total. The molecule has 0 saturated carbocycles.